The molecule has 0 aliphatic rings. The Kier molecular flexibility index (Phi) is 4.76. The van der Waals surface area contributed by atoms with E-state index in [1.54, 1.807) is 12.1 Å². The number of hydrogen-bond acceptors (Lipinski definition) is 2. The minimum Gasteiger partial charge on any atom is -0.390 e. The van der Waals surface area contributed by atoms with Crippen molar-refractivity contribution >= 4 is 23.9 Å². The van der Waals surface area contributed by atoms with E-state index < -0.39 is 0 Å². The molecule has 0 saturated carbocycles. The molecule has 3 heteroatoms. The molecule has 0 spiro atoms. The summed E-state index contributed by atoms with van der Waals surface area (Å²) in [5.41, 5.74) is 2.80. The van der Waals surface area contributed by atoms with Gasteiger partial charge in [0.25, 0.3) is 0 Å². The normalized spacial score (nSPS) is 10.6. The Hall–Kier alpha value is -2.06. The van der Waals surface area contributed by atoms with Crippen molar-refractivity contribution in [3.8, 4) is 0 Å². The maximum absolute atomic E-state index is 5.97. The molecule has 0 saturated heterocycles. The van der Waals surface area contributed by atoms with Gasteiger partial charge in [-0.25, -0.2) is 0 Å². The van der Waals surface area contributed by atoms with Crippen molar-refractivity contribution in [1.29, 1.82) is 0 Å². The lowest BCUT2D eigenvalue weighted by Gasteiger charge is -2.01. The van der Waals surface area contributed by atoms with E-state index in [1.165, 1.54) is 0 Å². The summed E-state index contributed by atoms with van der Waals surface area (Å²) in [7, 11) is 0. The zero-order valence-electron chi connectivity index (χ0n) is 10.3. The van der Waals surface area contributed by atoms with Crippen molar-refractivity contribution in [2.75, 3.05) is 0 Å². The summed E-state index contributed by atoms with van der Waals surface area (Å²) in [4.78, 5) is 5.20. The van der Waals surface area contributed by atoms with E-state index in [2.05, 4.69) is 17.9 Å². The van der Waals surface area contributed by atoms with Crippen LogP contribution in [0.3, 0.4) is 0 Å². The highest BCUT2D eigenvalue weighted by Crippen LogP contribution is 2.12. The van der Waals surface area contributed by atoms with Crippen LogP contribution in [-0.2, 0) is 11.4 Å². The van der Waals surface area contributed by atoms with E-state index in [-0.39, 0.29) is 0 Å². The molecule has 0 amide bonds. The van der Waals surface area contributed by atoms with Gasteiger partial charge in [-0.1, -0.05) is 65.8 Å². The molecule has 0 atom stereocenters. The van der Waals surface area contributed by atoms with Gasteiger partial charge in [0, 0.05) is 5.56 Å². The molecule has 1 radical (unpaired) electrons. The van der Waals surface area contributed by atoms with Gasteiger partial charge < -0.3 is 4.84 Å². The van der Waals surface area contributed by atoms with Gasteiger partial charge in [0.2, 0.25) is 0 Å². The van der Waals surface area contributed by atoms with Crippen LogP contribution in [0.15, 0.2) is 60.3 Å². The van der Waals surface area contributed by atoms with Gasteiger partial charge in [-0.3, -0.25) is 0 Å². The molecule has 0 unspecified atom stereocenters. The lowest BCUT2D eigenvalue weighted by atomic mass is 10.1. The predicted octanol–water partition coefficient (Wildman–Crippen LogP) is 4.41. The molecule has 0 bridgehead atoms. The van der Waals surface area contributed by atoms with Crippen LogP contribution in [0.4, 0.5) is 0 Å². The minimum absolute atomic E-state index is 0.388. The second kappa shape index (κ2) is 6.76. The first kappa shape index (κ1) is 13.4. The molecule has 0 aliphatic heterocycles. The Balaban J connectivity index is 1.93. The first-order chi connectivity index (χ1) is 9.29. The van der Waals surface area contributed by atoms with Gasteiger partial charge in [0.05, 0.1) is 5.02 Å². The average molecular weight is 271 g/mol. The third kappa shape index (κ3) is 3.97. The van der Waals surface area contributed by atoms with Crippen molar-refractivity contribution in [2.24, 2.45) is 5.16 Å². The third-order valence-electron chi connectivity index (χ3n) is 2.52. The maximum atomic E-state index is 5.97. The fourth-order valence-corrected chi connectivity index (χ4v) is 1.73. The molecule has 0 N–H and O–H groups in total. The largest absolute Gasteiger partial charge is 0.390 e. The molecule has 95 valence electrons. The predicted molar refractivity (Wildman–Crippen MR) is 79.3 cm³/mol. The summed E-state index contributed by atoms with van der Waals surface area (Å²) >= 11 is 5.97. The second-order valence-electron chi connectivity index (χ2n) is 3.91. The van der Waals surface area contributed by atoms with Crippen molar-refractivity contribution in [3.63, 3.8) is 0 Å². The highest BCUT2D eigenvalue weighted by Gasteiger charge is 1.96. The summed E-state index contributed by atoms with van der Waals surface area (Å²) < 4.78 is 0. The standard InChI is InChI=1S/C16H13ClNO/c1-2-13-6-5-7-14(10-13)12-19-18-11-15-8-3-4-9-16(15)17/h2-10H,1,12H2. The first-order valence-corrected chi connectivity index (χ1v) is 6.21. The van der Waals surface area contributed by atoms with Gasteiger partial charge >= 0.3 is 0 Å². The summed E-state index contributed by atoms with van der Waals surface area (Å²) in [6.45, 7) is 4.11. The molecular formula is C16H13ClNO. The number of benzene rings is 2. The molecule has 0 aromatic heterocycles. The van der Waals surface area contributed by atoms with Crippen molar-refractivity contribution in [2.45, 2.75) is 6.61 Å². The lowest BCUT2D eigenvalue weighted by Crippen LogP contribution is -1.89. The Labute approximate surface area is 118 Å². The number of nitrogens with zero attached hydrogens (tertiary/aromatic N) is 1. The van der Waals surface area contributed by atoms with E-state index in [9.17, 15) is 0 Å². The van der Waals surface area contributed by atoms with Crippen LogP contribution in [0.2, 0.25) is 5.02 Å². The summed E-state index contributed by atoms with van der Waals surface area (Å²) in [5, 5.41) is 4.39. The Morgan fingerprint density at radius 3 is 2.84 bits per heavy atom. The molecule has 0 fully saturated rings. The molecule has 2 aromatic rings. The Morgan fingerprint density at radius 2 is 2.05 bits per heavy atom. The fraction of sp³-hybridized carbons (Fsp3) is 0.0625. The molecule has 2 aromatic carbocycles. The van der Waals surface area contributed by atoms with Gasteiger partial charge in [0.15, 0.2) is 0 Å². The Bertz CT molecular complexity index is 593. The van der Waals surface area contributed by atoms with Crippen molar-refractivity contribution in [3.05, 3.63) is 76.8 Å². The second-order valence-corrected chi connectivity index (χ2v) is 4.31. The van der Waals surface area contributed by atoms with Gasteiger partial charge in [-0.15, -0.1) is 0 Å². The molecule has 0 aliphatic carbocycles. The lowest BCUT2D eigenvalue weighted by molar-refractivity contribution is 0.132. The van der Waals surface area contributed by atoms with E-state index in [0.717, 1.165) is 11.1 Å². The SMILES string of the molecule is C=Cc1cccc(CO/N=[C]\c2ccccc2Cl)c1. The summed E-state index contributed by atoms with van der Waals surface area (Å²) in [5.74, 6) is 0. The van der Waals surface area contributed by atoms with E-state index in [1.807, 2.05) is 42.5 Å². The van der Waals surface area contributed by atoms with Crippen LogP contribution in [0, 0.1) is 0 Å². The van der Waals surface area contributed by atoms with Gasteiger partial charge in [-0.05, 0) is 23.3 Å². The molecular weight excluding hydrogens is 258 g/mol. The molecule has 2 nitrogen and oxygen atoms in total. The first-order valence-electron chi connectivity index (χ1n) is 5.83. The fourth-order valence-electron chi connectivity index (χ4n) is 1.55. The molecule has 2 rings (SSSR count). The minimum atomic E-state index is 0.388. The zero-order chi connectivity index (χ0) is 13.5. The highest BCUT2D eigenvalue weighted by molar-refractivity contribution is 6.33. The van der Waals surface area contributed by atoms with Crippen LogP contribution in [-0.4, -0.2) is 6.21 Å². The number of hydrogen-bond donors (Lipinski definition) is 0. The van der Waals surface area contributed by atoms with Crippen LogP contribution in [0.1, 0.15) is 16.7 Å². The van der Waals surface area contributed by atoms with Gasteiger partial charge in [0.1, 0.15) is 12.8 Å². The average Bonchev–Trinajstić information content (AvgIpc) is 2.45. The molecule has 19 heavy (non-hydrogen) atoms. The smallest absolute Gasteiger partial charge is 0.142 e. The molecule has 0 heterocycles. The highest BCUT2D eigenvalue weighted by atomic mass is 35.5. The van der Waals surface area contributed by atoms with E-state index in [4.69, 9.17) is 16.4 Å². The van der Waals surface area contributed by atoms with Crippen LogP contribution in [0.25, 0.3) is 6.08 Å². The van der Waals surface area contributed by atoms with Crippen LogP contribution < -0.4 is 0 Å². The zero-order valence-corrected chi connectivity index (χ0v) is 11.1. The third-order valence-corrected chi connectivity index (χ3v) is 2.85. The van der Waals surface area contributed by atoms with Crippen molar-refractivity contribution in [1.82, 2.24) is 0 Å². The number of rotatable bonds is 5. The summed E-state index contributed by atoms with van der Waals surface area (Å²) in [6.07, 6.45) is 4.56. The maximum Gasteiger partial charge on any atom is 0.142 e. The van der Waals surface area contributed by atoms with Crippen LogP contribution in [0.5, 0.6) is 0 Å². The topological polar surface area (TPSA) is 21.6 Å². The quantitative estimate of drug-likeness (QED) is 0.582. The van der Waals surface area contributed by atoms with Crippen LogP contribution >= 0.6 is 11.6 Å². The monoisotopic (exact) mass is 270 g/mol. The number of halogens is 1. The van der Waals surface area contributed by atoms with Crippen molar-refractivity contribution < 1.29 is 4.84 Å². The van der Waals surface area contributed by atoms with Gasteiger partial charge in [-0.2, -0.15) is 0 Å². The Morgan fingerprint density at radius 1 is 1.21 bits per heavy atom. The van der Waals surface area contributed by atoms with E-state index >= 15 is 0 Å². The summed E-state index contributed by atoms with van der Waals surface area (Å²) in [6, 6.07) is 15.2. The van der Waals surface area contributed by atoms with E-state index in [0.29, 0.717) is 17.2 Å².